The molecule has 0 aliphatic carbocycles. The number of nitrogens with one attached hydrogen (secondary N) is 2. The van der Waals surface area contributed by atoms with Crippen LogP contribution in [0.1, 0.15) is 18.4 Å². The summed E-state index contributed by atoms with van der Waals surface area (Å²) < 4.78 is 23.6. The van der Waals surface area contributed by atoms with Gasteiger partial charge in [-0.1, -0.05) is 30.3 Å². The average molecular weight is 305 g/mol. The van der Waals surface area contributed by atoms with Crippen LogP contribution in [0, 0.1) is 0 Å². The van der Waals surface area contributed by atoms with Crippen LogP contribution in [0.25, 0.3) is 11.3 Å². The van der Waals surface area contributed by atoms with Gasteiger partial charge in [-0.05, 0) is 18.4 Å². The second-order valence-corrected chi connectivity index (χ2v) is 7.80. The number of rotatable bonds is 5. The maximum Gasteiger partial charge on any atom is 0.154 e. The molecular weight excluding hydrogens is 286 g/mol. The first-order valence-corrected chi connectivity index (χ1v) is 8.88. The lowest BCUT2D eigenvalue weighted by atomic mass is 10.1. The zero-order valence-electron chi connectivity index (χ0n) is 11.7. The molecule has 1 aromatic heterocycles. The first kappa shape index (κ1) is 14.3. The van der Waals surface area contributed by atoms with Crippen LogP contribution in [0.3, 0.4) is 0 Å². The number of hydrogen-bond acceptors (Lipinski definition) is 4. The van der Waals surface area contributed by atoms with Crippen molar-refractivity contribution in [2.24, 2.45) is 0 Å². The van der Waals surface area contributed by atoms with E-state index in [2.05, 4.69) is 15.5 Å². The summed E-state index contributed by atoms with van der Waals surface area (Å²) in [6.45, 7) is 1.13. The van der Waals surface area contributed by atoms with Gasteiger partial charge in [-0.2, -0.15) is 5.10 Å². The minimum atomic E-state index is -2.88. The summed E-state index contributed by atoms with van der Waals surface area (Å²) in [5.41, 5.74) is 3.12. The van der Waals surface area contributed by atoms with Crippen LogP contribution in [0.2, 0.25) is 0 Å². The highest BCUT2D eigenvalue weighted by atomic mass is 32.2. The normalized spacial score (nSPS) is 20.7. The molecular formula is C15H19N3O2S. The molecule has 21 heavy (non-hydrogen) atoms. The Morgan fingerprint density at radius 3 is 2.81 bits per heavy atom. The van der Waals surface area contributed by atoms with Crippen molar-refractivity contribution in [2.75, 3.05) is 12.3 Å². The summed E-state index contributed by atoms with van der Waals surface area (Å²) in [7, 11) is -2.88. The standard InChI is InChI=1S/C15H19N3O2S/c19-21(20)8-4-7-14(21)11-16-9-13-10-17-18-15(13)12-5-2-1-3-6-12/h1-3,5-6,10,14,16H,4,7-9,11H2,(H,17,18)/t14-/m0/s1. The van der Waals surface area contributed by atoms with E-state index in [9.17, 15) is 8.42 Å². The molecule has 2 N–H and O–H groups in total. The third-order valence-electron chi connectivity index (χ3n) is 3.93. The average Bonchev–Trinajstić information content (AvgIpc) is 3.07. The molecule has 1 fully saturated rings. The van der Waals surface area contributed by atoms with Crippen molar-refractivity contribution < 1.29 is 8.42 Å². The molecule has 1 atom stereocenters. The van der Waals surface area contributed by atoms with Crippen molar-refractivity contribution in [3.8, 4) is 11.3 Å². The maximum atomic E-state index is 11.8. The van der Waals surface area contributed by atoms with Crippen LogP contribution in [0.15, 0.2) is 36.5 Å². The van der Waals surface area contributed by atoms with Gasteiger partial charge in [-0.15, -0.1) is 0 Å². The first-order valence-electron chi connectivity index (χ1n) is 7.17. The Labute approximate surface area is 124 Å². The van der Waals surface area contributed by atoms with Crippen LogP contribution >= 0.6 is 0 Å². The molecule has 0 spiro atoms. The van der Waals surface area contributed by atoms with Crippen LogP contribution < -0.4 is 5.32 Å². The second-order valence-electron chi connectivity index (χ2n) is 5.40. The van der Waals surface area contributed by atoms with Gasteiger partial charge in [-0.3, -0.25) is 5.10 Å². The Kier molecular flexibility index (Phi) is 4.07. The molecule has 0 unspecified atom stereocenters. The van der Waals surface area contributed by atoms with Gasteiger partial charge in [0, 0.05) is 18.7 Å². The lowest BCUT2D eigenvalue weighted by Gasteiger charge is -2.10. The highest BCUT2D eigenvalue weighted by molar-refractivity contribution is 7.92. The topological polar surface area (TPSA) is 74.8 Å². The molecule has 0 radical (unpaired) electrons. The van der Waals surface area contributed by atoms with E-state index in [4.69, 9.17) is 0 Å². The zero-order valence-corrected chi connectivity index (χ0v) is 12.6. The van der Waals surface area contributed by atoms with Gasteiger partial charge in [-0.25, -0.2) is 8.42 Å². The summed E-state index contributed by atoms with van der Waals surface area (Å²) in [5.74, 6) is 0.334. The number of aromatic nitrogens is 2. The number of aromatic amines is 1. The van der Waals surface area contributed by atoms with Crippen LogP contribution in [-0.2, 0) is 16.4 Å². The van der Waals surface area contributed by atoms with E-state index >= 15 is 0 Å². The molecule has 1 saturated heterocycles. The van der Waals surface area contributed by atoms with E-state index in [1.54, 1.807) is 6.20 Å². The molecule has 1 aliphatic rings. The van der Waals surface area contributed by atoms with E-state index in [-0.39, 0.29) is 5.25 Å². The summed E-state index contributed by atoms with van der Waals surface area (Å²) >= 11 is 0. The zero-order chi connectivity index (χ0) is 14.7. The fourth-order valence-corrected chi connectivity index (χ4v) is 4.56. The summed E-state index contributed by atoms with van der Waals surface area (Å²) in [6, 6.07) is 10.00. The van der Waals surface area contributed by atoms with E-state index in [0.717, 1.165) is 29.7 Å². The van der Waals surface area contributed by atoms with E-state index < -0.39 is 9.84 Å². The van der Waals surface area contributed by atoms with E-state index in [0.29, 0.717) is 18.8 Å². The highest BCUT2D eigenvalue weighted by Gasteiger charge is 2.30. The molecule has 3 rings (SSSR count). The van der Waals surface area contributed by atoms with Gasteiger partial charge < -0.3 is 5.32 Å². The van der Waals surface area contributed by atoms with Gasteiger partial charge in [0.15, 0.2) is 9.84 Å². The molecule has 1 aliphatic heterocycles. The molecule has 1 aromatic carbocycles. The Morgan fingerprint density at radius 1 is 1.29 bits per heavy atom. The van der Waals surface area contributed by atoms with Gasteiger partial charge in [0.25, 0.3) is 0 Å². The predicted molar refractivity (Wildman–Crippen MR) is 82.5 cm³/mol. The molecule has 2 aromatic rings. The number of benzene rings is 1. The number of hydrogen-bond donors (Lipinski definition) is 2. The fourth-order valence-electron chi connectivity index (χ4n) is 2.76. The van der Waals surface area contributed by atoms with Gasteiger partial charge in [0.1, 0.15) is 0 Å². The van der Waals surface area contributed by atoms with Crippen LogP contribution in [0.5, 0.6) is 0 Å². The minimum Gasteiger partial charge on any atom is -0.311 e. The van der Waals surface area contributed by atoms with Crippen molar-refractivity contribution in [3.63, 3.8) is 0 Å². The van der Waals surface area contributed by atoms with E-state index in [1.165, 1.54) is 0 Å². The third-order valence-corrected chi connectivity index (χ3v) is 6.21. The predicted octanol–water partition coefficient (Wildman–Crippen LogP) is 1.74. The molecule has 0 bridgehead atoms. The SMILES string of the molecule is O=S1(=O)CCC[C@H]1CNCc1cn[nH]c1-c1ccccc1. The Morgan fingerprint density at radius 2 is 2.10 bits per heavy atom. The summed E-state index contributed by atoms with van der Waals surface area (Å²) in [5, 5.41) is 10.1. The van der Waals surface area contributed by atoms with Crippen molar-refractivity contribution in [2.45, 2.75) is 24.6 Å². The van der Waals surface area contributed by atoms with Gasteiger partial charge in [0.2, 0.25) is 0 Å². The quantitative estimate of drug-likeness (QED) is 0.882. The van der Waals surface area contributed by atoms with Crippen LogP contribution in [0.4, 0.5) is 0 Å². The van der Waals surface area contributed by atoms with Crippen LogP contribution in [-0.4, -0.2) is 36.2 Å². The van der Waals surface area contributed by atoms with Gasteiger partial charge in [0.05, 0.1) is 22.9 Å². The largest absolute Gasteiger partial charge is 0.311 e. The maximum absolute atomic E-state index is 11.8. The van der Waals surface area contributed by atoms with Crippen molar-refractivity contribution in [1.29, 1.82) is 0 Å². The van der Waals surface area contributed by atoms with Gasteiger partial charge >= 0.3 is 0 Å². The lowest BCUT2D eigenvalue weighted by molar-refractivity contribution is 0.574. The number of nitrogens with zero attached hydrogens (tertiary/aromatic N) is 1. The Balaban J connectivity index is 1.63. The molecule has 5 nitrogen and oxygen atoms in total. The number of H-pyrrole nitrogens is 1. The Bertz CT molecular complexity index is 695. The third kappa shape index (κ3) is 3.16. The summed E-state index contributed by atoms with van der Waals surface area (Å²) in [4.78, 5) is 0. The number of sulfone groups is 1. The second kappa shape index (κ2) is 5.99. The molecule has 6 heteroatoms. The summed E-state index contributed by atoms with van der Waals surface area (Å²) in [6.07, 6.45) is 3.35. The molecule has 112 valence electrons. The van der Waals surface area contributed by atoms with Crippen molar-refractivity contribution in [3.05, 3.63) is 42.1 Å². The molecule has 0 amide bonds. The highest BCUT2D eigenvalue weighted by Crippen LogP contribution is 2.21. The first-order chi connectivity index (χ1) is 10.2. The lowest BCUT2D eigenvalue weighted by Crippen LogP contribution is -2.30. The smallest absolute Gasteiger partial charge is 0.154 e. The van der Waals surface area contributed by atoms with Crippen molar-refractivity contribution in [1.82, 2.24) is 15.5 Å². The molecule has 2 heterocycles. The monoisotopic (exact) mass is 305 g/mol. The van der Waals surface area contributed by atoms with Crippen molar-refractivity contribution >= 4 is 9.84 Å². The fraction of sp³-hybridized carbons (Fsp3) is 0.400. The minimum absolute atomic E-state index is 0.232. The Hall–Kier alpha value is -1.66. The molecule has 0 saturated carbocycles. The van der Waals surface area contributed by atoms with E-state index in [1.807, 2.05) is 30.3 Å².